The molecule has 0 radical (unpaired) electrons. The summed E-state index contributed by atoms with van der Waals surface area (Å²) < 4.78 is 11.4. The van der Waals surface area contributed by atoms with E-state index in [1.807, 2.05) is 44.2 Å². The third-order valence-electron chi connectivity index (χ3n) is 4.29. The summed E-state index contributed by atoms with van der Waals surface area (Å²) in [6.45, 7) is 8.49. The molecule has 0 aliphatic heterocycles. The highest BCUT2D eigenvalue weighted by Gasteiger charge is 2.14. The molecule has 2 N–H and O–H groups in total. The summed E-state index contributed by atoms with van der Waals surface area (Å²) in [4.78, 5) is 8.90. The van der Waals surface area contributed by atoms with Crippen molar-refractivity contribution in [1.29, 1.82) is 0 Å². The number of furan rings is 1. The Hall–Kier alpha value is -3.12. The number of aromatic nitrogens is 1. The molecule has 0 saturated heterocycles. The van der Waals surface area contributed by atoms with Crippen LogP contribution in [0.4, 0.5) is 0 Å². The van der Waals surface area contributed by atoms with Gasteiger partial charge in [-0.2, -0.15) is 0 Å². The van der Waals surface area contributed by atoms with E-state index in [1.54, 1.807) is 12.3 Å². The van der Waals surface area contributed by atoms with Crippen LogP contribution in [0.25, 0.3) is 0 Å². The van der Waals surface area contributed by atoms with Gasteiger partial charge in [0.15, 0.2) is 5.84 Å². The first-order chi connectivity index (χ1) is 13.5. The fourth-order valence-electron chi connectivity index (χ4n) is 2.81. The Morgan fingerprint density at radius 2 is 2.04 bits per heavy atom. The van der Waals surface area contributed by atoms with Crippen molar-refractivity contribution in [2.45, 2.75) is 40.2 Å². The van der Waals surface area contributed by atoms with Crippen molar-refractivity contribution in [3.8, 4) is 11.6 Å². The second kappa shape index (κ2) is 8.71. The van der Waals surface area contributed by atoms with E-state index in [0.717, 1.165) is 11.3 Å². The van der Waals surface area contributed by atoms with Crippen LogP contribution < -0.4 is 10.2 Å². The van der Waals surface area contributed by atoms with Crippen LogP contribution in [-0.2, 0) is 6.54 Å². The number of hydroxylamine groups is 1. The predicted molar refractivity (Wildman–Crippen MR) is 108 cm³/mol. The van der Waals surface area contributed by atoms with Gasteiger partial charge in [-0.15, -0.1) is 0 Å². The number of hydrogen-bond acceptors (Lipinski definition) is 5. The van der Waals surface area contributed by atoms with Crippen molar-refractivity contribution in [3.63, 3.8) is 0 Å². The number of aliphatic imine (C=N–C) groups is 1. The van der Waals surface area contributed by atoms with Gasteiger partial charge < -0.3 is 9.15 Å². The summed E-state index contributed by atoms with van der Waals surface area (Å²) in [6.07, 6.45) is 1.59. The normalized spacial score (nSPS) is 11.7. The van der Waals surface area contributed by atoms with Gasteiger partial charge in [-0.1, -0.05) is 19.9 Å². The maximum atomic E-state index is 9.63. The van der Waals surface area contributed by atoms with E-state index in [4.69, 9.17) is 9.15 Å². The quantitative estimate of drug-likeness (QED) is 0.352. The lowest BCUT2D eigenvalue weighted by atomic mass is 10.0. The maximum Gasteiger partial charge on any atom is 0.230 e. The Morgan fingerprint density at radius 1 is 1.21 bits per heavy atom. The van der Waals surface area contributed by atoms with Gasteiger partial charge in [0.05, 0.1) is 18.4 Å². The zero-order chi connectivity index (χ0) is 20.1. The molecule has 0 aliphatic rings. The van der Waals surface area contributed by atoms with Crippen molar-refractivity contribution < 1.29 is 14.4 Å². The Kier molecular flexibility index (Phi) is 6.11. The summed E-state index contributed by atoms with van der Waals surface area (Å²) in [6, 6.07) is 13.4. The predicted octanol–water partition coefficient (Wildman–Crippen LogP) is 5.13. The molecule has 2 aromatic heterocycles. The molecule has 3 rings (SSSR count). The van der Waals surface area contributed by atoms with E-state index >= 15 is 0 Å². The van der Waals surface area contributed by atoms with Crippen LogP contribution in [0.1, 0.15) is 47.9 Å². The monoisotopic (exact) mass is 379 g/mol. The van der Waals surface area contributed by atoms with E-state index in [2.05, 4.69) is 35.4 Å². The molecular formula is C22H25N3O3. The van der Waals surface area contributed by atoms with Crippen molar-refractivity contribution in [2.24, 2.45) is 4.99 Å². The Balaban J connectivity index is 1.95. The number of hydrogen-bond donors (Lipinski definition) is 2. The van der Waals surface area contributed by atoms with Gasteiger partial charge in [-0.25, -0.2) is 4.98 Å². The average molecular weight is 379 g/mol. The molecule has 2 heterocycles. The van der Waals surface area contributed by atoms with Crippen molar-refractivity contribution in [3.05, 3.63) is 76.9 Å². The Labute approximate surface area is 164 Å². The van der Waals surface area contributed by atoms with E-state index in [9.17, 15) is 5.21 Å². The first-order valence-corrected chi connectivity index (χ1v) is 9.20. The summed E-state index contributed by atoms with van der Waals surface area (Å²) in [7, 11) is 0. The van der Waals surface area contributed by atoms with E-state index in [0.29, 0.717) is 28.9 Å². The molecule has 0 bridgehead atoms. The summed E-state index contributed by atoms with van der Waals surface area (Å²) in [5, 5.41) is 9.63. The number of nitrogens with one attached hydrogen (secondary N) is 1. The number of rotatable bonds is 6. The fraction of sp³-hybridized carbons (Fsp3) is 0.273. The lowest BCUT2D eigenvalue weighted by Crippen LogP contribution is -2.21. The molecule has 28 heavy (non-hydrogen) atoms. The minimum absolute atomic E-state index is 0.260. The highest BCUT2D eigenvalue weighted by molar-refractivity contribution is 6.00. The first kappa shape index (κ1) is 19.6. The number of amidine groups is 1. The van der Waals surface area contributed by atoms with Crippen LogP contribution in [0.2, 0.25) is 0 Å². The van der Waals surface area contributed by atoms with E-state index < -0.39 is 0 Å². The van der Waals surface area contributed by atoms with Crippen molar-refractivity contribution >= 4 is 5.84 Å². The van der Waals surface area contributed by atoms with Crippen LogP contribution >= 0.6 is 0 Å². The molecule has 0 unspecified atom stereocenters. The molecule has 6 heteroatoms. The summed E-state index contributed by atoms with van der Waals surface area (Å²) in [5.41, 5.74) is 5.83. The number of aryl methyl sites for hydroxylation is 2. The lowest BCUT2D eigenvalue weighted by molar-refractivity contribution is 0.234. The molecule has 0 atom stereocenters. The maximum absolute atomic E-state index is 9.63. The molecule has 0 fully saturated rings. The lowest BCUT2D eigenvalue weighted by Gasteiger charge is -2.14. The number of ether oxygens (including phenoxy) is 1. The SMILES string of the molecule is Cc1cc(Oc2nc(C)ccc2C(=NCc2ccco2)NO)cc(C(C)C)c1. The van der Waals surface area contributed by atoms with Gasteiger partial charge in [-0.3, -0.25) is 15.7 Å². The molecule has 3 aromatic rings. The van der Waals surface area contributed by atoms with Crippen LogP contribution in [0, 0.1) is 13.8 Å². The zero-order valence-corrected chi connectivity index (χ0v) is 16.6. The highest BCUT2D eigenvalue weighted by Crippen LogP contribution is 2.28. The summed E-state index contributed by atoms with van der Waals surface area (Å²) >= 11 is 0. The van der Waals surface area contributed by atoms with Crippen LogP contribution in [0.5, 0.6) is 11.6 Å². The molecule has 6 nitrogen and oxygen atoms in total. The average Bonchev–Trinajstić information content (AvgIpc) is 3.16. The van der Waals surface area contributed by atoms with Crippen LogP contribution in [-0.4, -0.2) is 16.0 Å². The second-order valence-electron chi connectivity index (χ2n) is 7.00. The summed E-state index contributed by atoms with van der Waals surface area (Å²) in [5.74, 6) is 2.41. The molecule has 0 spiro atoms. The first-order valence-electron chi connectivity index (χ1n) is 9.20. The topological polar surface area (TPSA) is 79.9 Å². The fourth-order valence-corrected chi connectivity index (χ4v) is 2.81. The number of benzene rings is 1. The number of nitrogens with zero attached hydrogens (tertiary/aromatic N) is 2. The molecule has 0 amide bonds. The van der Waals surface area contributed by atoms with Gasteiger partial charge in [0.2, 0.25) is 5.88 Å². The van der Waals surface area contributed by atoms with Gasteiger partial charge in [0.1, 0.15) is 11.5 Å². The minimum Gasteiger partial charge on any atom is -0.467 e. The Morgan fingerprint density at radius 3 is 2.71 bits per heavy atom. The van der Waals surface area contributed by atoms with E-state index in [1.165, 1.54) is 5.56 Å². The molecule has 146 valence electrons. The second-order valence-corrected chi connectivity index (χ2v) is 7.00. The van der Waals surface area contributed by atoms with Crippen molar-refractivity contribution in [1.82, 2.24) is 10.5 Å². The Bertz CT molecular complexity index is 963. The molecule has 0 aliphatic carbocycles. The molecule has 1 aromatic carbocycles. The highest BCUT2D eigenvalue weighted by atomic mass is 16.5. The standard InChI is InChI=1S/C22H25N3O3/c1-14(2)17-10-15(3)11-19(12-17)28-22-20(8-7-16(4)24-22)21(25-26)23-13-18-6-5-9-27-18/h5-12,14,26H,13H2,1-4H3,(H,23,25). The van der Waals surface area contributed by atoms with Crippen LogP contribution in [0.3, 0.4) is 0 Å². The van der Waals surface area contributed by atoms with Gasteiger partial charge in [0, 0.05) is 5.69 Å². The van der Waals surface area contributed by atoms with E-state index in [-0.39, 0.29) is 12.4 Å². The number of pyridine rings is 1. The van der Waals surface area contributed by atoms with Gasteiger partial charge in [0.25, 0.3) is 0 Å². The van der Waals surface area contributed by atoms with Gasteiger partial charge in [-0.05, 0) is 67.3 Å². The largest absolute Gasteiger partial charge is 0.467 e. The smallest absolute Gasteiger partial charge is 0.230 e. The third kappa shape index (κ3) is 4.78. The zero-order valence-electron chi connectivity index (χ0n) is 16.6. The van der Waals surface area contributed by atoms with Crippen LogP contribution in [0.15, 0.2) is 58.1 Å². The van der Waals surface area contributed by atoms with Crippen molar-refractivity contribution in [2.75, 3.05) is 0 Å². The molecular weight excluding hydrogens is 354 g/mol. The third-order valence-corrected chi connectivity index (χ3v) is 4.29. The molecule has 0 saturated carbocycles. The van der Waals surface area contributed by atoms with Gasteiger partial charge >= 0.3 is 0 Å². The minimum atomic E-state index is 0.260.